The van der Waals surface area contributed by atoms with Gasteiger partial charge >= 0.3 is 5.97 Å². The van der Waals surface area contributed by atoms with Crippen LogP contribution < -0.4 is 14.2 Å². The van der Waals surface area contributed by atoms with Gasteiger partial charge < -0.3 is 49.2 Å². The fraction of sp³-hybridized carbons (Fsp3) is 0.292. The van der Waals surface area contributed by atoms with Crippen LogP contribution in [0.2, 0.25) is 0 Å². The zero-order valence-electron chi connectivity index (χ0n) is 18.0. The average molecular weight is 484 g/mol. The van der Waals surface area contributed by atoms with Crippen molar-refractivity contribution >= 4 is 16.7 Å². The number of ether oxygens (including phenoxy) is 5. The lowest BCUT2D eigenvalue weighted by Crippen LogP contribution is -2.54. The average Bonchev–Trinajstić information content (AvgIpc) is 3.46. The molecule has 4 atom stereocenters. The summed E-state index contributed by atoms with van der Waals surface area (Å²) in [6, 6.07) is 7.67. The third kappa shape index (κ3) is 3.32. The third-order valence-electron chi connectivity index (χ3n) is 6.36. The van der Waals surface area contributed by atoms with Gasteiger partial charge in [0, 0.05) is 16.5 Å². The first-order chi connectivity index (χ1) is 16.8. The van der Waals surface area contributed by atoms with Crippen LogP contribution in [0.5, 0.6) is 28.7 Å². The minimum Gasteiger partial charge on any atom is -0.504 e. The molecule has 3 heterocycles. The van der Waals surface area contributed by atoms with E-state index >= 15 is 0 Å². The van der Waals surface area contributed by atoms with Crippen LogP contribution >= 0.6 is 0 Å². The topological polar surface area (TPSA) is 164 Å². The van der Waals surface area contributed by atoms with Crippen molar-refractivity contribution in [2.75, 3.05) is 13.4 Å². The summed E-state index contributed by atoms with van der Waals surface area (Å²) in [5, 5.41) is 51.4. The molecule has 3 aliphatic heterocycles. The number of carbonyl (C=O) groups excluding carboxylic acids is 1. The van der Waals surface area contributed by atoms with E-state index < -0.39 is 42.1 Å². The number of aliphatic hydroxyl groups excluding tert-OH is 3. The van der Waals surface area contributed by atoms with Crippen LogP contribution in [0.3, 0.4) is 0 Å². The van der Waals surface area contributed by atoms with Gasteiger partial charge in [-0.3, -0.25) is 0 Å². The molecule has 0 spiro atoms. The molecule has 182 valence electrons. The van der Waals surface area contributed by atoms with Crippen LogP contribution in [-0.4, -0.2) is 69.5 Å². The lowest BCUT2D eigenvalue weighted by atomic mass is 9.89. The van der Waals surface area contributed by atoms with Crippen molar-refractivity contribution in [2.24, 2.45) is 0 Å². The van der Waals surface area contributed by atoms with Gasteiger partial charge in [0.2, 0.25) is 13.1 Å². The summed E-state index contributed by atoms with van der Waals surface area (Å²) in [7, 11) is 0. The molecule has 11 heteroatoms. The summed E-state index contributed by atoms with van der Waals surface area (Å²) in [6.07, 6.45) is -5.80. The Bertz CT molecular complexity index is 1370. The van der Waals surface area contributed by atoms with Gasteiger partial charge in [0.15, 0.2) is 23.0 Å². The number of benzene rings is 3. The number of aromatic hydroxyl groups is 2. The van der Waals surface area contributed by atoms with Crippen molar-refractivity contribution < 1.29 is 54.0 Å². The van der Waals surface area contributed by atoms with E-state index in [9.17, 15) is 30.3 Å². The van der Waals surface area contributed by atoms with Crippen LogP contribution in [0.15, 0.2) is 30.3 Å². The van der Waals surface area contributed by atoms with Crippen LogP contribution in [0, 0.1) is 0 Å². The highest BCUT2D eigenvalue weighted by atomic mass is 16.7. The molecule has 1 fully saturated rings. The summed E-state index contributed by atoms with van der Waals surface area (Å²) in [5.74, 6) is -0.415. The zero-order chi connectivity index (χ0) is 24.4. The van der Waals surface area contributed by atoms with Crippen molar-refractivity contribution in [3.63, 3.8) is 0 Å². The minimum absolute atomic E-state index is 0.0609. The molecule has 0 bridgehead atoms. The Morgan fingerprint density at radius 1 is 0.857 bits per heavy atom. The highest BCUT2D eigenvalue weighted by Gasteiger charge is 2.41. The highest BCUT2D eigenvalue weighted by Crippen LogP contribution is 2.49. The summed E-state index contributed by atoms with van der Waals surface area (Å²) in [5.41, 5.74) is 1.48. The number of esters is 1. The molecule has 3 aromatic rings. The molecule has 1 unspecified atom stereocenters. The smallest absolute Gasteiger partial charge is 0.339 e. The third-order valence-corrected chi connectivity index (χ3v) is 6.36. The van der Waals surface area contributed by atoms with Gasteiger partial charge in [-0.1, -0.05) is 6.07 Å². The van der Waals surface area contributed by atoms with Crippen LogP contribution in [-0.2, 0) is 16.1 Å². The predicted octanol–water partition coefficient (Wildman–Crippen LogP) is 1.13. The number of fused-ring (bicyclic) bond motifs is 3. The summed E-state index contributed by atoms with van der Waals surface area (Å²) in [6.45, 7) is -0.391. The number of phenols is 2. The van der Waals surface area contributed by atoms with E-state index in [4.69, 9.17) is 23.7 Å². The Morgan fingerprint density at radius 3 is 2.40 bits per heavy atom. The first-order valence-electron chi connectivity index (χ1n) is 10.8. The number of cyclic esters (lactones) is 1. The number of phenolic OH excluding ortho intramolecular Hbond substituents is 2. The molecular weight excluding hydrogens is 464 g/mol. The molecule has 5 N–H and O–H groups in total. The number of hydrogen-bond donors (Lipinski definition) is 5. The Balaban J connectivity index is 1.59. The van der Waals surface area contributed by atoms with Crippen LogP contribution in [0.25, 0.3) is 21.9 Å². The summed E-state index contributed by atoms with van der Waals surface area (Å²) in [4.78, 5) is 12.9. The number of aliphatic hydroxyl groups is 3. The molecule has 1 saturated heterocycles. The molecule has 0 saturated carbocycles. The second-order valence-corrected chi connectivity index (χ2v) is 8.46. The van der Waals surface area contributed by atoms with Crippen molar-refractivity contribution in [1.29, 1.82) is 0 Å². The molecule has 0 aromatic heterocycles. The van der Waals surface area contributed by atoms with Crippen molar-refractivity contribution in [1.82, 2.24) is 0 Å². The van der Waals surface area contributed by atoms with E-state index in [1.807, 2.05) is 0 Å². The monoisotopic (exact) mass is 484 g/mol. The van der Waals surface area contributed by atoms with Crippen LogP contribution in [0.1, 0.15) is 15.9 Å². The number of carbonyl (C=O) groups is 1. The fourth-order valence-corrected chi connectivity index (χ4v) is 4.59. The first kappa shape index (κ1) is 21.7. The van der Waals surface area contributed by atoms with E-state index in [1.54, 1.807) is 18.2 Å². The molecule has 3 aromatic carbocycles. The van der Waals surface area contributed by atoms with Crippen molar-refractivity contribution in [2.45, 2.75) is 31.2 Å². The Hall–Kier alpha value is -3.77. The SMILES string of the molecule is O=C1OCc2c1c(-c1ccc3c(c1)OCO3)c1cc(O)c(O)cc1c2OC1OC[C@@H](O)[C@H](O)[C@H]1O. The molecule has 35 heavy (non-hydrogen) atoms. The van der Waals surface area contributed by atoms with Gasteiger partial charge in [-0.15, -0.1) is 0 Å². The zero-order valence-corrected chi connectivity index (χ0v) is 18.0. The van der Waals surface area contributed by atoms with E-state index in [-0.39, 0.29) is 31.3 Å². The second-order valence-electron chi connectivity index (χ2n) is 8.46. The summed E-state index contributed by atoms with van der Waals surface area (Å²) < 4.78 is 27.5. The Kier molecular flexibility index (Phi) is 4.90. The lowest BCUT2D eigenvalue weighted by molar-refractivity contribution is -0.241. The van der Waals surface area contributed by atoms with E-state index in [2.05, 4.69) is 0 Å². The molecular formula is C24H20O11. The number of hydrogen-bond acceptors (Lipinski definition) is 11. The lowest BCUT2D eigenvalue weighted by Gasteiger charge is -2.35. The summed E-state index contributed by atoms with van der Waals surface area (Å²) >= 11 is 0. The van der Waals surface area contributed by atoms with Gasteiger partial charge in [0.1, 0.15) is 30.7 Å². The fourth-order valence-electron chi connectivity index (χ4n) is 4.59. The van der Waals surface area contributed by atoms with E-state index in [0.717, 1.165) is 0 Å². The van der Waals surface area contributed by atoms with Gasteiger partial charge in [0.05, 0.1) is 12.2 Å². The maximum atomic E-state index is 12.9. The van der Waals surface area contributed by atoms with Crippen LogP contribution in [0.4, 0.5) is 0 Å². The van der Waals surface area contributed by atoms with Gasteiger partial charge in [-0.2, -0.15) is 0 Å². The molecule has 0 amide bonds. The number of rotatable bonds is 3. The molecule has 3 aliphatic rings. The van der Waals surface area contributed by atoms with E-state index in [0.29, 0.717) is 39.0 Å². The highest BCUT2D eigenvalue weighted by molar-refractivity contribution is 6.14. The van der Waals surface area contributed by atoms with E-state index in [1.165, 1.54) is 12.1 Å². The van der Waals surface area contributed by atoms with Gasteiger partial charge in [-0.25, -0.2) is 4.79 Å². The minimum atomic E-state index is -1.60. The maximum absolute atomic E-state index is 12.9. The maximum Gasteiger partial charge on any atom is 0.339 e. The normalized spacial score (nSPS) is 24.9. The largest absolute Gasteiger partial charge is 0.504 e. The Labute approximate surface area is 197 Å². The predicted molar refractivity (Wildman–Crippen MR) is 116 cm³/mol. The Morgan fingerprint density at radius 2 is 1.60 bits per heavy atom. The molecule has 6 rings (SSSR count). The standard InChI is InChI=1S/C24H20O11/c25-13-4-10-11(5-14(13)26)22(35-24-21(29)20(28)15(27)7-32-24)12-6-31-23(30)19(12)18(10)9-1-2-16-17(3-9)34-8-33-16/h1-5,15,20-21,24-29H,6-8H2/t15-,20+,21-,24?/m1/s1. The molecule has 11 nitrogen and oxygen atoms in total. The second kappa shape index (κ2) is 7.89. The van der Waals surface area contributed by atoms with Gasteiger partial charge in [-0.05, 0) is 35.2 Å². The first-order valence-corrected chi connectivity index (χ1v) is 10.8. The molecule has 0 aliphatic carbocycles. The van der Waals surface area contributed by atoms with Gasteiger partial charge in [0.25, 0.3) is 0 Å². The molecule has 0 radical (unpaired) electrons. The van der Waals surface area contributed by atoms with Crippen molar-refractivity contribution in [3.8, 4) is 39.9 Å². The van der Waals surface area contributed by atoms with Crippen molar-refractivity contribution in [3.05, 3.63) is 41.5 Å². The quantitative estimate of drug-likeness (QED) is 0.267.